The number of carbonyl (C=O) groups is 3. The van der Waals surface area contributed by atoms with E-state index in [1.165, 1.54) is 4.90 Å². The van der Waals surface area contributed by atoms with E-state index in [9.17, 15) is 14.4 Å². The zero-order valence-electron chi connectivity index (χ0n) is 17.6. The highest BCUT2D eigenvalue weighted by Gasteiger charge is 2.74. The molecular weight excluding hydrogens is 494 g/mol. The Hall–Kier alpha value is -2.22. The van der Waals surface area contributed by atoms with Gasteiger partial charge in [0, 0.05) is 26.8 Å². The number of benzene rings is 2. The highest BCUT2D eigenvalue weighted by atomic mass is 79.9. The van der Waals surface area contributed by atoms with Crippen LogP contribution in [0.1, 0.15) is 29.5 Å². The van der Waals surface area contributed by atoms with E-state index in [1.54, 1.807) is 12.1 Å². The van der Waals surface area contributed by atoms with Crippen molar-refractivity contribution in [3.05, 3.63) is 56.5 Å². The Balaban J connectivity index is 1.58. The van der Waals surface area contributed by atoms with Gasteiger partial charge in [-0.15, -0.1) is 0 Å². The highest BCUT2D eigenvalue weighted by Crippen LogP contribution is 2.61. The first kappa shape index (κ1) is 20.4. The smallest absolute Gasteiger partial charge is 0.250 e. The molecule has 3 amide bonds. The quantitative estimate of drug-likeness (QED) is 0.581. The molecule has 2 aromatic rings. The normalized spacial score (nSPS) is 30.8. The van der Waals surface area contributed by atoms with Crippen molar-refractivity contribution >= 4 is 56.6 Å². The molecule has 164 valence electrons. The summed E-state index contributed by atoms with van der Waals surface area (Å²) in [5.74, 6) is -2.12. The Kier molecular flexibility index (Phi) is 4.24. The van der Waals surface area contributed by atoms with E-state index in [0.717, 1.165) is 29.5 Å². The van der Waals surface area contributed by atoms with Gasteiger partial charge < -0.3 is 5.32 Å². The second kappa shape index (κ2) is 6.65. The van der Waals surface area contributed by atoms with Gasteiger partial charge in [0.1, 0.15) is 5.54 Å². The van der Waals surface area contributed by atoms with Gasteiger partial charge in [-0.25, -0.2) is 4.90 Å². The largest absolute Gasteiger partial charge is 0.324 e. The molecule has 8 heteroatoms. The number of aryl methyl sites for hydroxylation is 2. The molecule has 0 bridgehead atoms. The number of fused-ring (bicyclic) bond motifs is 7. The molecule has 4 heterocycles. The first-order valence-electron chi connectivity index (χ1n) is 10.8. The summed E-state index contributed by atoms with van der Waals surface area (Å²) in [7, 11) is 0. The number of hydrogen-bond donors (Lipinski definition) is 1. The van der Waals surface area contributed by atoms with Crippen molar-refractivity contribution in [1.82, 2.24) is 4.90 Å². The molecule has 4 atom stereocenters. The van der Waals surface area contributed by atoms with Crippen molar-refractivity contribution in [1.29, 1.82) is 0 Å². The van der Waals surface area contributed by atoms with Crippen LogP contribution in [0.15, 0.2) is 34.8 Å². The third-order valence-corrected chi connectivity index (χ3v) is 8.46. The van der Waals surface area contributed by atoms with Crippen molar-refractivity contribution in [3.63, 3.8) is 0 Å². The number of nitrogens with one attached hydrogen (secondary N) is 1. The van der Waals surface area contributed by atoms with Crippen LogP contribution in [0.25, 0.3) is 0 Å². The predicted molar refractivity (Wildman–Crippen MR) is 125 cm³/mol. The third-order valence-electron chi connectivity index (χ3n) is 7.61. The van der Waals surface area contributed by atoms with Gasteiger partial charge >= 0.3 is 0 Å². The lowest BCUT2D eigenvalue weighted by Gasteiger charge is -2.36. The van der Waals surface area contributed by atoms with Gasteiger partial charge in [-0.2, -0.15) is 0 Å². The Morgan fingerprint density at radius 2 is 1.91 bits per heavy atom. The first-order chi connectivity index (χ1) is 15.3. The van der Waals surface area contributed by atoms with Gasteiger partial charge in [0.25, 0.3) is 0 Å². The van der Waals surface area contributed by atoms with Crippen LogP contribution in [0.5, 0.6) is 0 Å². The second-order valence-corrected chi connectivity index (χ2v) is 10.5. The molecule has 0 saturated carbocycles. The minimum absolute atomic E-state index is 0.151. The fraction of sp³-hybridized carbons (Fsp3) is 0.375. The summed E-state index contributed by atoms with van der Waals surface area (Å²) in [6.07, 6.45) is 1.67. The second-order valence-electron chi connectivity index (χ2n) is 9.24. The summed E-state index contributed by atoms with van der Waals surface area (Å²) in [4.78, 5) is 44.9. The lowest BCUT2D eigenvalue weighted by Crippen LogP contribution is -2.54. The predicted octanol–water partition coefficient (Wildman–Crippen LogP) is 4.15. The number of rotatable bonds is 1. The topological polar surface area (TPSA) is 69.7 Å². The molecule has 2 aromatic carbocycles. The molecule has 3 saturated heterocycles. The van der Waals surface area contributed by atoms with E-state index in [-0.39, 0.29) is 23.8 Å². The molecule has 4 aliphatic heterocycles. The summed E-state index contributed by atoms with van der Waals surface area (Å²) >= 11 is 9.95. The monoisotopic (exact) mass is 513 g/mol. The Morgan fingerprint density at radius 1 is 1.12 bits per heavy atom. The summed E-state index contributed by atoms with van der Waals surface area (Å²) in [6, 6.07) is 9.02. The molecule has 1 N–H and O–H groups in total. The average molecular weight is 515 g/mol. The van der Waals surface area contributed by atoms with E-state index in [4.69, 9.17) is 11.6 Å². The van der Waals surface area contributed by atoms with Gasteiger partial charge in [0.05, 0.1) is 17.5 Å². The molecule has 32 heavy (non-hydrogen) atoms. The van der Waals surface area contributed by atoms with Crippen LogP contribution in [0.4, 0.5) is 11.4 Å². The van der Waals surface area contributed by atoms with E-state index in [0.29, 0.717) is 27.4 Å². The number of nitrogens with zero attached hydrogens (tertiary/aromatic N) is 2. The molecule has 0 radical (unpaired) electrons. The van der Waals surface area contributed by atoms with Crippen molar-refractivity contribution in [2.75, 3.05) is 16.8 Å². The Bertz CT molecular complexity index is 1250. The van der Waals surface area contributed by atoms with E-state index < -0.39 is 17.4 Å². The molecule has 0 aliphatic carbocycles. The van der Waals surface area contributed by atoms with Crippen molar-refractivity contribution in [2.45, 2.75) is 38.3 Å². The van der Waals surface area contributed by atoms with Crippen LogP contribution in [0.2, 0.25) is 5.02 Å². The van der Waals surface area contributed by atoms with Gasteiger partial charge in [-0.3, -0.25) is 19.3 Å². The van der Waals surface area contributed by atoms with Crippen LogP contribution in [0, 0.1) is 25.7 Å². The lowest BCUT2D eigenvalue weighted by atomic mass is 9.75. The van der Waals surface area contributed by atoms with Crippen LogP contribution in [-0.2, 0) is 19.9 Å². The van der Waals surface area contributed by atoms with Crippen LogP contribution >= 0.6 is 27.5 Å². The molecule has 4 aliphatic rings. The summed E-state index contributed by atoms with van der Waals surface area (Å²) in [5, 5.41) is 3.55. The average Bonchev–Trinajstić information content (AvgIpc) is 3.42. The molecule has 6 rings (SSSR count). The van der Waals surface area contributed by atoms with E-state index in [1.807, 2.05) is 32.0 Å². The van der Waals surface area contributed by atoms with Crippen LogP contribution < -0.4 is 10.2 Å². The number of halogens is 2. The van der Waals surface area contributed by atoms with E-state index >= 15 is 0 Å². The maximum absolute atomic E-state index is 14.0. The first-order valence-corrected chi connectivity index (χ1v) is 12.0. The number of imide groups is 1. The fourth-order valence-electron chi connectivity index (χ4n) is 6.47. The lowest BCUT2D eigenvalue weighted by molar-refractivity contribution is -0.135. The number of anilines is 2. The molecular formula is C24H21BrClN3O3. The molecule has 3 unspecified atom stereocenters. The number of hydrogen-bond acceptors (Lipinski definition) is 4. The molecule has 1 spiro atoms. The maximum atomic E-state index is 14.0. The van der Waals surface area contributed by atoms with Crippen LogP contribution in [0.3, 0.4) is 0 Å². The zero-order chi connectivity index (χ0) is 22.5. The standard InChI is InChI=1S/C24H21BrClN3O3/c1-11-5-6-16(15(25)8-11)29-21(30)18-17-4-3-7-28(17)24(19(18)22(29)31)14-10-13(26)9-12(2)20(14)27-23(24)32/h5-6,8-10,17-19H,3-4,7H2,1-2H3,(H,27,32)/t17?,18?,19?,24-/m0/s1. The fourth-order valence-corrected chi connectivity index (χ4v) is 7.41. The van der Waals surface area contributed by atoms with E-state index in [2.05, 4.69) is 26.1 Å². The Morgan fingerprint density at radius 3 is 2.66 bits per heavy atom. The van der Waals surface area contributed by atoms with Crippen LogP contribution in [-0.4, -0.2) is 35.2 Å². The number of amides is 3. The van der Waals surface area contributed by atoms with Gasteiger partial charge in [-0.1, -0.05) is 17.7 Å². The Labute approximate surface area is 199 Å². The zero-order valence-corrected chi connectivity index (χ0v) is 20.0. The molecule has 3 fully saturated rings. The SMILES string of the molecule is Cc1ccc(N2C(=O)C3C4CCCN4[C@]4(C(=O)Nc5c(C)cc(Cl)cc54)C3C2=O)c(Br)c1. The number of carbonyl (C=O) groups excluding carboxylic acids is 3. The van der Waals surface area contributed by atoms with Crippen molar-refractivity contribution in [2.24, 2.45) is 11.8 Å². The highest BCUT2D eigenvalue weighted by molar-refractivity contribution is 9.10. The maximum Gasteiger partial charge on any atom is 0.250 e. The molecule has 0 aromatic heterocycles. The minimum Gasteiger partial charge on any atom is -0.324 e. The van der Waals surface area contributed by atoms with Gasteiger partial charge in [0.2, 0.25) is 17.7 Å². The summed E-state index contributed by atoms with van der Waals surface area (Å²) < 4.78 is 0.687. The third kappa shape index (κ3) is 2.31. The van der Waals surface area contributed by atoms with Crippen molar-refractivity contribution < 1.29 is 14.4 Å². The van der Waals surface area contributed by atoms with Gasteiger partial charge in [0.15, 0.2) is 0 Å². The minimum atomic E-state index is -1.21. The summed E-state index contributed by atoms with van der Waals surface area (Å²) in [6.45, 7) is 4.52. The van der Waals surface area contributed by atoms with Gasteiger partial charge in [-0.05, 0) is 84.6 Å². The summed E-state index contributed by atoms with van der Waals surface area (Å²) in [5.41, 5.74) is 2.62. The van der Waals surface area contributed by atoms with Crippen molar-refractivity contribution in [3.8, 4) is 0 Å². The molecule has 6 nitrogen and oxygen atoms in total.